The van der Waals surface area contributed by atoms with Crippen LogP contribution in [0.2, 0.25) is 0 Å². The summed E-state index contributed by atoms with van der Waals surface area (Å²) in [6.07, 6.45) is -1.16. The molecule has 2 aromatic rings. The van der Waals surface area contributed by atoms with E-state index < -0.39 is 60.0 Å². The zero-order valence-electron chi connectivity index (χ0n) is 19.1. The number of nitrogens with one attached hydrogen (secondary N) is 3. The van der Waals surface area contributed by atoms with E-state index in [0.717, 1.165) is 17.3 Å². The summed E-state index contributed by atoms with van der Waals surface area (Å²) in [7, 11) is 1.47. The summed E-state index contributed by atoms with van der Waals surface area (Å²) in [5.41, 5.74) is -1.92. The predicted molar refractivity (Wildman–Crippen MR) is 117 cm³/mol. The van der Waals surface area contributed by atoms with Gasteiger partial charge < -0.3 is 15.5 Å². The Bertz CT molecular complexity index is 1120. The molecule has 2 aromatic heterocycles. The van der Waals surface area contributed by atoms with Crippen LogP contribution in [0.5, 0.6) is 0 Å². The van der Waals surface area contributed by atoms with Gasteiger partial charge in [-0.1, -0.05) is 6.92 Å². The molecule has 0 bridgehead atoms. The Morgan fingerprint density at radius 1 is 1.19 bits per heavy atom. The fourth-order valence-corrected chi connectivity index (χ4v) is 3.74. The second-order valence-electron chi connectivity index (χ2n) is 8.16. The third kappa shape index (κ3) is 6.26. The van der Waals surface area contributed by atoms with Crippen molar-refractivity contribution in [1.82, 2.24) is 30.2 Å². The summed E-state index contributed by atoms with van der Waals surface area (Å²) in [5.74, 6) is -6.17. The second-order valence-corrected chi connectivity index (χ2v) is 8.16. The number of alkyl halides is 5. The second kappa shape index (κ2) is 10.5. The first kappa shape index (κ1) is 26.8. The quantitative estimate of drug-likeness (QED) is 0.382. The summed E-state index contributed by atoms with van der Waals surface area (Å²) in [4.78, 5) is 28.7. The third-order valence-corrected chi connectivity index (χ3v) is 5.42. The number of piperidine rings is 1. The molecule has 3 rings (SSSR count). The number of anilines is 1. The molecule has 1 aliphatic heterocycles. The van der Waals surface area contributed by atoms with Crippen molar-refractivity contribution in [3.05, 3.63) is 48.2 Å². The van der Waals surface area contributed by atoms with Crippen molar-refractivity contribution in [3.63, 3.8) is 0 Å². The summed E-state index contributed by atoms with van der Waals surface area (Å²) in [6, 6.07) is -0.881. The number of halogens is 6. The highest BCUT2D eigenvalue weighted by molar-refractivity contribution is 6.54. The number of rotatable bonds is 7. The van der Waals surface area contributed by atoms with Gasteiger partial charge in [0, 0.05) is 38.6 Å². The van der Waals surface area contributed by atoms with Gasteiger partial charge in [0.2, 0.25) is 5.95 Å². The molecule has 1 amide bonds. The van der Waals surface area contributed by atoms with E-state index in [2.05, 4.69) is 30.6 Å². The molecule has 0 saturated carbocycles. The molecule has 1 aliphatic rings. The number of nitrogens with zero attached hydrogens (tertiary/aromatic N) is 5. The molecule has 0 radical (unpaired) electrons. The van der Waals surface area contributed by atoms with Crippen molar-refractivity contribution in [3.8, 4) is 0 Å². The first-order valence-electron chi connectivity index (χ1n) is 10.6. The van der Waals surface area contributed by atoms with Crippen LogP contribution in [0.25, 0.3) is 5.57 Å². The normalized spacial score (nSPS) is 20.1. The van der Waals surface area contributed by atoms with Crippen LogP contribution < -0.4 is 10.6 Å². The number of aromatic nitrogens is 4. The van der Waals surface area contributed by atoms with Crippen molar-refractivity contribution in [2.75, 3.05) is 25.5 Å². The average Bonchev–Trinajstić information content (AvgIpc) is 2.80. The molecule has 1 fully saturated rings. The lowest BCUT2D eigenvalue weighted by atomic mass is 9.87. The van der Waals surface area contributed by atoms with Gasteiger partial charge in [0.25, 0.3) is 11.8 Å². The molecule has 0 unspecified atom stereocenters. The molecule has 194 valence electrons. The maximum atomic E-state index is 14.4. The van der Waals surface area contributed by atoms with Crippen LogP contribution in [0.1, 0.15) is 24.7 Å². The Balaban J connectivity index is 1.84. The van der Waals surface area contributed by atoms with Crippen LogP contribution in [-0.2, 0) is 11.0 Å². The Labute approximate surface area is 201 Å². The van der Waals surface area contributed by atoms with E-state index in [-0.39, 0.29) is 23.9 Å². The van der Waals surface area contributed by atoms with Gasteiger partial charge in [-0.2, -0.15) is 13.2 Å². The predicted octanol–water partition coefficient (Wildman–Crippen LogP) is 2.99. The number of carbonyl (C=O) groups is 1. The summed E-state index contributed by atoms with van der Waals surface area (Å²) >= 11 is 0. The molecule has 3 heterocycles. The van der Waals surface area contributed by atoms with E-state index in [1.165, 1.54) is 20.2 Å². The maximum absolute atomic E-state index is 14.4. The van der Waals surface area contributed by atoms with E-state index in [9.17, 15) is 31.1 Å². The maximum Gasteiger partial charge on any atom is 0.419 e. The van der Waals surface area contributed by atoms with Gasteiger partial charge in [-0.15, -0.1) is 0 Å². The first-order chi connectivity index (χ1) is 16.8. The Morgan fingerprint density at radius 2 is 1.81 bits per heavy atom. The monoisotopic (exact) mass is 516 g/mol. The van der Waals surface area contributed by atoms with Crippen LogP contribution in [0.15, 0.2) is 31.0 Å². The third-order valence-electron chi connectivity index (χ3n) is 5.42. The van der Waals surface area contributed by atoms with Gasteiger partial charge in [-0.3, -0.25) is 10.2 Å². The van der Waals surface area contributed by atoms with Crippen LogP contribution >= 0.6 is 0 Å². The molecular weight excluding hydrogens is 494 g/mol. The minimum absolute atomic E-state index is 0.151. The van der Waals surface area contributed by atoms with Gasteiger partial charge in [0.05, 0.1) is 36.1 Å². The standard InChI is InChI=1S/C21H22F6N8O/c1-11-3-20(23,24)10-35(15(11)9-34-19-32-4-12(5-33-19)21(25,26)27)18(36)16(28)14(8-29-2)17-30-6-13(22)7-31-17/h4-8,11,15,28-29H,3,9-10H2,1-2H3,(H,32,33,34)/b14-8+,28-16?/t11-,15-/m1/s1. The highest BCUT2D eigenvalue weighted by Gasteiger charge is 2.47. The number of amides is 1. The van der Waals surface area contributed by atoms with Gasteiger partial charge in [0.1, 0.15) is 5.71 Å². The topological polar surface area (TPSA) is 120 Å². The summed E-state index contributed by atoms with van der Waals surface area (Å²) < 4.78 is 80.3. The van der Waals surface area contributed by atoms with Gasteiger partial charge in [-0.05, 0) is 5.92 Å². The lowest BCUT2D eigenvalue weighted by Crippen LogP contribution is -2.59. The van der Waals surface area contributed by atoms with E-state index in [4.69, 9.17) is 5.41 Å². The zero-order valence-corrected chi connectivity index (χ0v) is 19.1. The lowest BCUT2D eigenvalue weighted by Gasteiger charge is -2.43. The highest BCUT2D eigenvalue weighted by Crippen LogP contribution is 2.35. The zero-order chi connectivity index (χ0) is 26.7. The minimum Gasteiger partial charge on any atom is -0.393 e. The fourth-order valence-electron chi connectivity index (χ4n) is 3.74. The molecule has 0 aliphatic carbocycles. The smallest absolute Gasteiger partial charge is 0.393 e. The Hall–Kier alpha value is -3.78. The van der Waals surface area contributed by atoms with Crippen molar-refractivity contribution in [2.45, 2.75) is 31.5 Å². The van der Waals surface area contributed by atoms with Gasteiger partial charge >= 0.3 is 6.18 Å². The van der Waals surface area contributed by atoms with Crippen molar-refractivity contribution in [1.29, 1.82) is 5.41 Å². The number of hydrogen-bond donors (Lipinski definition) is 3. The number of likely N-dealkylation sites (tertiary alicyclic amines) is 1. The lowest BCUT2D eigenvalue weighted by molar-refractivity contribution is -0.145. The molecule has 36 heavy (non-hydrogen) atoms. The van der Waals surface area contributed by atoms with Crippen molar-refractivity contribution in [2.24, 2.45) is 5.92 Å². The highest BCUT2D eigenvalue weighted by atomic mass is 19.4. The molecule has 0 aromatic carbocycles. The fraction of sp³-hybridized carbons (Fsp3) is 0.429. The average molecular weight is 516 g/mol. The van der Waals surface area contributed by atoms with Crippen LogP contribution in [0, 0.1) is 17.1 Å². The molecule has 0 spiro atoms. The SMILES string of the molecule is CN/C=C(\C(=N)C(=O)N1CC(F)(F)C[C@@H](C)[C@H]1CNc1ncc(C(F)(F)F)cn1)c1ncc(F)cn1. The van der Waals surface area contributed by atoms with Gasteiger partial charge in [0.15, 0.2) is 11.6 Å². The van der Waals surface area contributed by atoms with Crippen LogP contribution in [0.4, 0.5) is 32.3 Å². The Morgan fingerprint density at radius 3 is 2.36 bits per heavy atom. The van der Waals surface area contributed by atoms with Gasteiger partial charge in [-0.25, -0.2) is 33.1 Å². The summed E-state index contributed by atoms with van der Waals surface area (Å²) in [6.45, 7) is 0.333. The number of hydrogen-bond acceptors (Lipinski definition) is 8. The van der Waals surface area contributed by atoms with Crippen molar-refractivity contribution < 1.29 is 31.1 Å². The van der Waals surface area contributed by atoms with E-state index >= 15 is 0 Å². The number of carbonyl (C=O) groups excluding carboxylic acids is 1. The molecule has 9 nitrogen and oxygen atoms in total. The summed E-state index contributed by atoms with van der Waals surface area (Å²) in [5, 5.41) is 13.7. The molecule has 2 atom stereocenters. The van der Waals surface area contributed by atoms with Crippen LogP contribution in [-0.4, -0.2) is 68.6 Å². The van der Waals surface area contributed by atoms with Crippen molar-refractivity contribution >= 4 is 23.1 Å². The molecule has 15 heteroatoms. The van der Waals surface area contributed by atoms with E-state index in [1.807, 2.05) is 0 Å². The largest absolute Gasteiger partial charge is 0.419 e. The molecular formula is C21H22F6N8O. The Kier molecular flexibility index (Phi) is 7.79. The van der Waals surface area contributed by atoms with E-state index in [1.54, 1.807) is 0 Å². The van der Waals surface area contributed by atoms with Crippen LogP contribution in [0.3, 0.4) is 0 Å². The minimum atomic E-state index is -4.63. The molecule has 3 N–H and O–H groups in total. The first-order valence-corrected chi connectivity index (χ1v) is 10.6. The van der Waals surface area contributed by atoms with E-state index in [0.29, 0.717) is 12.4 Å². The molecule has 1 saturated heterocycles.